The van der Waals surface area contributed by atoms with Crippen molar-refractivity contribution in [3.05, 3.63) is 36.7 Å². The summed E-state index contributed by atoms with van der Waals surface area (Å²) in [6.45, 7) is 0. The molecule has 0 radical (unpaired) electrons. The molecule has 6 heteroatoms. The van der Waals surface area contributed by atoms with E-state index in [-0.39, 0.29) is 0 Å². The molecule has 0 aliphatic heterocycles. The number of aryl methyl sites for hydroxylation is 1. The minimum Gasteiger partial charge on any atom is -0.382 e. The highest BCUT2D eigenvalue weighted by atomic mass is 15.3. The monoisotopic (exact) mass is 264 g/mol. The van der Waals surface area contributed by atoms with Gasteiger partial charge in [-0.1, -0.05) is 12.1 Å². The molecule has 3 heterocycles. The molecule has 0 saturated heterocycles. The summed E-state index contributed by atoms with van der Waals surface area (Å²) in [5, 5.41) is 14.5. The Balaban J connectivity index is 2.06. The second-order valence-corrected chi connectivity index (χ2v) is 4.74. The van der Waals surface area contributed by atoms with Crippen LogP contribution in [0.4, 0.5) is 5.82 Å². The second kappa shape index (κ2) is 3.80. The first kappa shape index (κ1) is 11.0. The van der Waals surface area contributed by atoms with Crippen molar-refractivity contribution in [1.82, 2.24) is 25.0 Å². The third-order valence-electron chi connectivity index (χ3n) is 3.53. The van der Waals surface area contributed by atoms with E-state index in [1.807, 2.05) is 25.4 Å². The van der Waals surface area contributed by atoms with Crippen molar-refractivity contribution >= 4 is 27.6 Å². The first-order valence-electron chi connectivity index (χ1n) is 6.25. The van der Waals surface area contributed by atoms with E-state index in [9.17, 15) is 0 Å². The molecule has 0 bridgehead atoms. The number of hydrogen-bond donors (Lipinski definition) is 2. The van der Waals surface area contributed by atoms with Crippen molar-refractivity contribution in [1.29, 1.82) is 0 Å². The smallest absolute Gasteiger partial charge is 0.157 e. The summed E-state index contributed by atoms with van der Waals surface area (Å²) >= 11 is 0. The molecular formula is C14H12N6. The molecule has 6 nitrogen and oxygen atoms in total. The lowest BCUT2D eigenvalue weighted by molar-refractivity contribution is 0.795. The summed E-state index contributed by atoms with van der Waals surface area (Å²) < 4.78 is 1.77. The summed E-state index contributed by atoms with van der Waals surface area (Å²) in [5.74, 6) is 0.401. The fourth-order valence-electron chi connectivity index (χ4n) is 2.50. The van der Waals surface area contributed by atoms with Gasteiger partial charge in [-0.15, -0.1) is 10.2 Å². The fraction of sp³-hybridized carbons (Fsp3) is 0.0714. The van der Waals surface area contributed by atoms with Crippen LogP contribution in [0.2, 0.25) is 0 Å². The molecule has 0 aliphatic carbocycles. The maximum Gasteiger partial charge on any atom is 0.157 e. The molecule has 0 saturated carbocycles. The van der Waals surface area contributed by atoms with Gasteiger partial charge in [0.1, 0.15) is 5.69 Å². The van der Waals surface area contributed by atoms with Gasteiger partial charge in [0.2, 0.25) is 0 Å². The number of anilines is 1. The molecule has 0 unspecified atom stereocenters. The first-order valence-corrected chi connectivity index (χ1v) is 6.25. The largest absolute Gasteiger partial charge is 0.382 e. The molecular weight excluding hydrogens is 252 g/mol. The molecule has 4 rings (SSSR count). The Morgan fingerprint density at radius 2 is 2.10 bits per heavy atom. The van der Waals surface area contributed by atoms with Gasteiger partial charge in [0.15, 0.2) is 5.82 Å². The Morgan fingerprint density at radius 1 is 1.20 bits per heavy atom. The number of nitrogens with one attached hydrogen (secondary N) is 1. The van der Waals surface area contributed by atoms with Crippen LogP contribution >= 0.6 is 0 Å². The van der Waals surface area contributed by atoms with Crippen LogP contribution in [-0.2, 0) is 7.05 Å². The lowest BCUT2D eigenvalue weighted by Crippen LogP contribution is -1.99. The van der Waals surface area contributed by atoms with Crippen molar-refractivity contribution < 1.29 is 0 Å². The van der Waals surface area contributed by atoms with Crippen molar-refractivity contribution in [2.24, 2.45) is 7.05 Å². The number of nitrogens with two attached hydrogens (primary N) is 1. The number of benzene rings is 1. The molecule has 3 aromatic heterocycles. The number of hydrogen-bond acceptors (Lipinski definition) is 4. The number of nitrogen functional groups attached to an aromatic ring is 1. The molecule has 0 aliphatic rings. The molecule has 0 atom stereocenters. The van der Waals surface area contributed by atoms with Crippen LogP contribution in [0.1, 0.15) is 0 Å². The van der Waals surface area contributed by atoms with E-state index in [0.29, 0.717) is 5.82 Å². The number of aromatic amines is 1. The summed E-state index contributed by atoms with van der Waals surface area (Å²) in [7, 11) is 1.88. The molecule has 0 fully saturated rings. The maximum absolute atomic E-state index is 5.86. The van der Waals surface area contributed by atoms with Crippen molar-refractivity contribution in [2.75, 3.05) is 5.73 Å². The van der Waals surface area contributed by atoms with Gasteiger partial charge in [-0.05, 0) is 17.5 Å². The number of aromatic nitrogens is 5. The van der Waals surface area contributed by atoms with Gasteiger partial charge in [0.25, 0.3) is 0 Å². The lowest BCUT2D eigenvalue weighted by atomic mass is 10.1. The minimum atomic E-state index is 0.401. The predicted octanol–water partition coefficient (Wildman–Crippen LogP) is 2.09. The molecule has 20 heavy (non-hydrogen) atoms. The zero-order valence-corrected chi connectivity index (χ0v) is 10.8. The topological polar surface area (TPSA) is 85.4 Å². The second-order valence-electron chi connectivity index (χ2n) is 4.74. The highest BCUT2D eigenvalue weighted by Crippen LogP contribution is 2.29. The fourth-order valence-corrected chi connectivity index (χ4v) is 2.50. The number of rotatable bonds is 1. The number of nitrogens with zero attached hydrogens (tertiary/aromatic N) is 4. The molecule has 0 amide bonds. The zero-order chi connectivity index (χ0) is 13.7. The van der Waals surface area contributed by atoms with Gasteiger partial charge >= 0.3 is 0 Å². The third kappa shape index (κ3) is 1.41. The summed E-state index contributed by atoms with van der Waals surface area (Å²) in [6, 6.07) is 8.18. The van der Waals surface area contributed by atoms with Crippen LogP contribution in [0, 0.1) is 0 Å². The van der Waals surface area contributed by atoms with E-state index in [1.165, 1.54) is 5.39 Å². The van der Waals surface area contributed by atoms with Gasteiger partial charge in [-0.2, -0.15) is 5.10 Å². The summed E-state index contributed by atoms with van der Waals surface area (Å²) in [5.41, 5.74) is 9.59. The molecule has 98 valence electrons. The molecule has 3 N–H and O–H groups in total. The Hall–Kier alpha value is -2.89. The van der Waals surface area contributed by atoms with E-state index in [1.54, 1.807) is 10.9 Å². The standard InChI is InChI=1S/C14H12N6/c1-20-13-10(7-17-20)14(15)19-18-12(13)9-3-2-8-4-5-16-11(8)6-9/h2-7,16H,1H3,(H2,15,19). The van der Waals surface area contributed by atoms with Gasteiger partial charge in [0.05, 0.1) is 17.1 Å². The van der Waals surface area contributed by atoms with Gasteiger partial charge in [0, 0.05) is 24.3 Å². The van der Waals surface area contributed by atoms with Crippen molar-refractivity contribution in [3.8, 4) is 11.3 Å². The average molecular weight is 264 g/mol. The summed E-state index contributed by atoms with van der Waals surface area (Å²) in [4.78, 5) is 3.20. The Labute approximate surface area is 114 Å². The minimum absolute atomic E-state index is 0.401. The number of fused-ring (bicyclic) bond motifs is 2. The van der Waals surface area contributed by atoms with Crippen LogP contribution in [0.25, 0.3) is 33.1 Å². The van der Waals surface area contributed by atoms with Crippen LogP contribution < -0.4 is 5.73 Å². The quantitative estimate of drug-likeness (QED) is 0.551. The van der Waals surface area contributed by atoms with Crippen LogP contribution in [0.3, 0.4) is 0 Å². The van der Waals surface area contributed by atoms with E-state index in [0.717, 1.165) is 27.7 Å². The predicted molar refractivity (Wildman–Crippen MR) is 78.0 cm³/mol. The van der Waals surface area contributed by atoms with Crippen LogP contribution in [-0.4, -0.2) is 25.0 Å². The highest BCUT2D eigenvalue weighted by molar-refractivity contribution is 5.98. The van der Waals surface area contributed by atoms with E-state index < -0.39 is 0 Å². The Morgan fingerprint density at radius 3 is 3.00 bits per heavy atom. The lowest BCUT2D eigenvalue weighted by Gasteiger charge is -2.05. The van der Waals surface area contributed by atoms with E-state index >= 15 is 0 Å². The highest BCUT2D eigenvalue weighted by Gasteiger charge is 2.13. The van der Waals surface area contributed by atoms with E-state index in [2.05, 4.69) is 32.4 Å². The van der Waals surface area contributed by atoms with Crippen LogP contribution in [0.15, 0.2) is 36.7 Å². The van der Waals surface area contributed by atoms with Crippen molar-refractivity contribution in [2.45, 2.75) is 0 Å². The SMILES string of the molecule is Cn1ncc2c(N)nnc(-c3ccc4cc[nH]c4c3)c21. The first-order chi connectivity index (χ1) is 9.74. The van der Waals surface area contributed by atoms with Gasteiger partial charge in [-0.3, -0.25) is 4.68 Å². The van der Waals surface area contributed by atoms with Crippen LogP contribution in [0.5, 0.6) is 0 Å². The normalized spacial score (nSPS) is 11.4. The average Bonchev–Trinajstić information content (AvgIpc) is 3.06. The molecule has 1 aromatic carbocycles. The van der Waals surface area contributed by atoms with E-state index in [4.69, 9.17) is 5.73 Å². The summed E-state index contributed by atoms with van der Waals surface area (Å²) in [6.07, 6.45) is 3.64. The van der Waals surface area contributed by atoms with Crippen molar-refractivity contribution in [3.63, 3.8) is 0 Å². The molecule has 4 aromatic rings. The zero-order valence-electron chi connectivity index (χ0n) is 10.8. The number of H-pyrrole nitrogens is 1. The third-order valence-corrected chi connectivity index (χ3v) is 3.53. The Bertz CT molecular complexity index is 933. The van der Waals surface area contributed by atoms with Gasteiger partial charge < -0.3 is 10.7 Å². The van der Waals surface area contributed by atoms with Gasteiger partial charge in [-0.25, -0.2) is 0 Å². The molecule has 0 spiro atoms. The maximum atomic E-state index is 5.86. The Kier molecular flexibility index (Phi) is 2.09.